The lowest BCUT2D eigenvalue weighted by atomic mass is 9.91. The van der Waals surface area contributed by atoms with E-state index in [2.05, 4.69) is 41.5 Å². The Morgan fingerprint density at radius 1 is 0.338 bits per heavy atom. The molecule has 0 aromatic rings. The summed E-state index contributed by atoms with van der Waals surface area (Å²) in [6.07, 6.45) is 21.1. The van der Waals surface area contributed by atoms with Gasteiger partial charge in [-0.25, -0.2) is 0 Å². The number of esters is 7. The molecule has 71 heavy (non-hydrogen) atoms. The Labute approximate surface area is 429 Å². The van der Waals surface area contributed by atoms with Crippen LogP contribution in [0.4, 0.5) is 0 Å². The van der Waals surface area contributed by atoms with E-state index in [0.717, 1.165) is 116 Å². The minimum absolute atomic E-state index is 0.0332. The molecule has 0 saturated heterocycles. The third kappa shape index (κ3) is 34.3. The van der Waals surface area contributed by atoms with E-state index >= 15 is 0 Å². The molecule has 0 fully saturated rings. The molecule has 0 N–H and O–H groups in total. The molecule has 0 aliphatic rings. The summed E-state index contributed by atoms with van der Waals surface area (Å²) in [4.78, 5) is 98.4. The van der Waals surface area contributed by atoms with E-state index in [1.807, 2.05) is 19.0 Å². The summed E-state index contributed by atoms with van der Waals surface area (Å²) in [5.41, 5.74) is -1.75. The zero-order chi connectivity index (χ0) is 53.0. The third-order valence-corrected chi connectivity index (χ3v) is 12.6. The average Bonchev–Trinajstić information content (AvgIpc) is 3.35. The number of ether oxygens (including phenoxy) is 7. The van der Waals surface area contributed by atoms with Crippen LogP contribution in [-0.4, -0.2) is 114 Å². The van der Waals surface area contributed by atoms with Gasteiger partial charge in [-0.05, 0) is 65.6 Å². The minimum Gasteiger partial charge on any atom is -0.465 e. The first-order valence-electron chi connectivity index (χ1n) is 28.1. The number of unbranched alkanes of at least 4 members (excludes halogenated alkanes) is 18. The van der Waals surface area contributed by atoms with Crippen LogP contribution in [0.5, 0.6) is 0 Å². The summed E-state index contributed by atoms with van der Waals surface area (Å²) in [5, 5.41) is 0. The van der Waals surface area contributed by atoms with Crippen LogP contribution in [-0.2, 0) is 66.7 Å². The van der Waals surface area contributed by atoms with Gasteiger partial charge in [0.2, 0.25) is 0 Å². The molecule has 0 aromatic carbocycles. The molecule has 0 aromatic heterocycles. The summed E-state index contributed by atoms with van der Waals surface area (Å²) in [7, 11) is 3.76. The Morgan fingerprint density at radius 2 is 0.606 bits per heavy atom. The highest BCUT2D eigenvalue weighted by Gasteiger charge is 2.42. The van der Waals surface area contributed by atoms with E-state index in [-0.39, 0.29) is 45.5 Å². The monoisotopic (exact) mass is 1010 g/mol. The average molecular weight is 1010 g/mol. The molecular weight excluding hydrogens is 911 g/mol. The van der Waals surface area contributed by atoms with Gasteiger partial charge in [0, 0.05) is 6.42 Å². The molecule has 0 saturated carbocycles. The maximum absolute atomic E-state index is 14.1. The van der Waals surface area contributed by atoms with Gasteiger partial charge in [0.05, 0.1) is 19.8 Å². The van der Waals surface area contributed by atoms with Gasteiger partial charge in [0.15, 0.2) is 17.8 Å². The number of rotatable bonds is 48. The molecule has 3 unspecified atom stereocenters. The number of nitrogens with zero attached hydrogens (tertiary/aromatic N) is 1. The van der Waals surface area contributed by atoms with Crippen molar-refractivity contribution in [2.75, 3.05) is 66.9 Å². The maximum atomic E-state index is 14.1. The van der Waals surface area contributed by atoms with E-state index in [4.69, 9.17) is 33.2 Å². The lowest BCUT2D eigenvalue weighted by molar-refractivity contribution is -0.178. The van der Waals surface area contributed by atoms with Gasteiger partial charge in [-0.3, -0.25) is 33.6 Å². The maximum Gasteiger partial charge on any atom is 0.320 e. The van der Waals surface area contributed by atoms with Crippen molar-refractivity contribution in [1.82, 2.24) is 4.90 Å². The van der Waals surface area contributed by atoms with Gasteiger partial charge >= 0.3 is 41.8 Å². The molecule has 3 atom stereocenters. The van der Waals surface area contributed by atoms with Gasteiger partial charge in [0.1, 0.15) is 31.8 Å². The first kappa shape index (κ1) is 67.2. The van der Waals surface area contributed by atoms with Crippen molar-refractivity contribution in [3.05, 3.63) is 0 Å². The van der Waals surface area contributed by atoms with Crippen LogP contribution in [0, 0.1) is 23.2 Å². The van der Waals surface area contributed by atoms with Crippen LogP contribution in [0.2, 0.25) is 0 Å². The highest BCUT2D eigenvalue weighted by Crippen LogP contribution is 2.27. The summed E-state index contributed by atoms with van der Waals surface area (Å²) in [5.74, 6) is -9.20. The smallest absolute Gasteiger partial charge is 0.320 e. The number of carbonyl (C=O) groups excluding carboxylic acids is 7. The number of hydrogen-bond donors (Lipinski definition) is 0. The van der Waals surface area contributed by atoms with Crippen molar-refractivity contribution < 1.29 is 66.7 Å². The number of carbonyl (C=O) groups is 7. The lowest BCUT2D eigenvalue weighted by Crippen LogP contribution is -2.46. The second-order valence-electron chi connectivity index (χ2n) is 19.8. The summed E-state index contributed by atoms with van der Waals surface area (Å²) in [6.45, 7) is 11.0. The normalized spacial score (nSPS) is 13.4. The molecule has 414 valence electrons. The molecule has 0 rings (SSSR count). The Bertz CT molecular complexity index is 1280. The highest BCUT2D eigenvalue weighted by atomic mass is 16.6. The van der Waals surface area contributed by atoms with Crippen LogP contribution in [0.3, 0.4) is 0 Å². The van der Waals surface area contributed by atoms with E-state index < -0.39 is 91.4 Å². The summed E-state index contributed by atoms with van der Waals surface area (Å²) < 4.78 is 40.5. The predicted molar refractivity (Wildman–Crippen MR) is 276 cm³/mol. The van der Waals surface area contributed by atoms with Crippen molar-refractivity contribution >= 4 is 41.8 Å². The Hall–Kier alpha value is -3.75. The van der Waals surface area contributed by atoms with Gasteiger partial charge < -0.3 is 38.1 Å². The molecule has 0 heterocycles. The first-order valence-corrected chi connectivity index (χ1v) is 28.1. The molecule has 15 nitrogen and oxygen atoms in total. The summed E-state index contributed by atoms with van der Waals surface area (Å²) in [6, 6.07) is 0. The van der Waals surface area contributed by atoms with Crippen molar-refractivity contribution in [2.45, 2.75) is 228 Å². The minimum atomic E-state index is -1.75. The Balaban J connectivity index is 7.22. The van der Waals surface area contributed by atoms with Crippen molar-refractivity contribution in [1.29, 1.82) is 0 Å². The molecule has 0 bridgehead atoms. The van der Waals surface area contributed by atoms with Crippen LogP contribution in [0.15, 0.2) is 0 Å². The Morgan fingerprint density at radius 3 is 0.887 bits per heavy atom. The van der Waals surface area contributed by atoms with E-state index in [1.54, 1.807) is 0 Å². The van der Waals surface area contributed by atoms with Crippen molar-refractivity contribution in [2.24, 2.45) is 23.2 Å². The van der Waals surface area contributed by atoms with Gasteiger partial charge in [-0.1, -0.05) is 176 Å². The highest BCUT2D eigenvalue weighted by molar-refractivity contribution is 5.96. The predicted octanol–water partition coefficient (Wildman–Crippen LogP) is 11.6. The van der Waals surface area contributed by atoms with Crippen molar-refractivity contribution in [3.8, 4) is 0 Å². The van der Waals surface area contributed by atoms with Crippen molar-refractivity contribution in [3.63, 3.8) is 0 Å². The fraction of sp³-hybridized carbons (Fsp3) is 0.875. The zero-order valence-corrected chi connectivity index (χ0v) is 46.1. The van der Waals surface area contributed by atoms with Crippen LogP contribution in [0.25, 0.3) is 0 Å². The molecule has 15 heteroatoms. The molecule has 0 radical (unpaired) electrons. The summed E-state index contributed by atoms with van der Waals surface area (Å²) >= 11 is 0. The van der Waals surface area contributed by atoms with E-state index in [0.29, 0.717) is 51.5 Å². The first-order chi connectivity index (χ1) is 34.3. The number of hydrogen-bond acceptors (Lipinski definition) is 15. The van der Waals surface area contributed by atoms with Gasteiger partial charge in [0.25, 0.3) is 0 Å². The fourth-order valence-electron chi connectivity index (χ4n) is 7.80. The topological polar surface area (TPSA) is 187 Å². The standard InChI is InChI=1S/C56H101NO14/c1-9-15-21-27-34-46(50(59)65-39-30-24-18-12-4)53(62)69-43-56(42-68-49(58)37-33-38-57(7)8,44-70-54(63)47(35-28-22-16-10-2)51(60)66-40-31-25-19-13-5)45-71-55(64)48(36-29-23-17-11-3)52(61)67-41-32-26-20-14-6/h46-48H,9-45H2,1-8H3. The molecule has 0 aliphatic carbocycles. The quantitative estimate of drug-likeness (QED) is 0.0242. The molecular formula is C56H101NO14. The second kappa shape index (κ2) is 44.9. The molecule has 0 aliphatic heterocycles. The van der Waals surface area contributed by atoms with Crippen LogP contribution < -0.4 is 0 Å². The van der Waals surface area contributed by atoms with Crippen LogP contribution in [0.1, 0.15) is 228 Å². The molecule has 0 spiro atoms. The fourth-order valence-corrected chi connectivity index (χ4v) is 7.80. The third-order valence-electron chi connectivity index (χ3n) is 12.6. The van der Waals surface area contributed by atoms with Gasteiger partial charge in [-0.15, -0.1) is 0 Å². The second-order valence-corrected chi connectivity index (χ2v) is 19.8. The SMILES string of the molecule is CCCCCCOC(=O)C(CCCCCC)C(=O)OCC(COC(=O)CCCN(C)C)(COC(=O)C(CCCCCC)C(=O)OCCCCCC)COC(=O)C(CCCCCC)C(=O)OCCCCCC. The largest absolute Gasteiger partial charge is 0.465 e. The van der Waals surface area contributed by atoms with Gasteiger partial charge in [-0.2, -0.15) is 0 Å². The Kier molecular flexibility index (Phi) is 42.5. The zero-order valence-electron chi connectivity index (χ0n) is 46.1. The lowest BCUT2D eigenvalue weighted by Gasteiger charge is -2.33. The van der Waals surface area contributed by atoms with E-state index in [1.165, 1.54) is 0 Å². The van der Waals surface area contributed by atoms with E-state index in [9.17, 15) is 33.6 Å². The molecule has 0 amide bonds. The van der Waals surface area contributed by atoms with Crippen LogP contribution >= 0.6 is 0 Å².